The van der Waals surface area contributed by atoms with Crippen molar-refractivity contribution in [2.75, 3.05) is 5.75 Å². The summed E-state index contributed by atoms with van der Waals surface area (Å²) in [5.74, 6) is 1.33. The highest BCUT2D eigenvalue weighted by Gasteiger charge is 1.95. The second-order valence-electron chi connectivity index (χ2n) is 3.00. The molecule has 14 heavy (non-hydrogen) atoms. The molecule has 4 heteroatoms. The van der Waals surface area contributed by atoms with E-state index in [0.717, 1.165) is 23.6 Å². The maximum Gasteiger partial charge on any atom is 0.0959 e. The fraction of sp³-hybridized carbons (Fsp3) is 0.400. The molecule has 3 nitrogen and oxygen atoms in total. The van der Waals surface area contributed by atoms with Crippen LogP contribution in [0.5, 0.6) is 0 Å². The first-order valence-corrected chi connectivity index (χ1v) is 5.64. The largest absolute Gasteiger partial charge is 0.388 e. The number of rotatable bonds is 6. The molecule has 1 heterocycles. The third-order valence-electron chi connectivity index (χ3n) is 1.73. The summed E-state index contributed by atoms with van der Waals surface area (Å²) in [4.78, 5) is 4.21. The Labute approximate surface area is 88.6 Å². The fourth-order valence-electron chi connectivity index (χ4n) is 1.03. The molecule has 0 saturated heterocycles. The quantitative estimate of drug-likeness (QED) is 0.327. The van der Waals surface area contributed by atoms with Crippen LogP contribution >= 0.6 is 11.8 Å². The van der Waals surface area contributed by atoms with Crippen molar-refractivity contribution >= 4 is 17.6 Å². The Morgan fingerprint density at radius 2 is 2.29 bits per heavy atom. The van der Waals surface area contributed by atoms with Gasteiger partial charge < -0.3 is 5.73 Å². The summed E-state index contributed by atoms with van der Waals surface area (Å²) >= 11 is 1.75. The van der Waals surface area contributed by atoms with Gasteiger partial charge in [-0.3, -0.25) is 5.41 Å². The Balaban J connectivity index is 2.08. The van der Waals surface area contributed by atoms with Crippen molar-refractivity contribution in [1.29, 1.82) is 5.41 Å². The lowest BCUT2D eigenvalue weighted by atomic mass is 10.2. The lowest BCUT2D eigenvalue weighted by molar-refractivity contribution is 0.836. The third kappa shape index (κ3) is 4.87. The van der Waals surface area contributed by atoms with E-state index in [-0.39, 0.29) is 5.84 Å². The minimum absolute atomic E-state index is 0.285. The highest BCUT2D eigenvalue weighted by atomic mass is 32.2. The topological polar surface area (TPSA) is 62.8 Å². The molecular weight excluding hydrogens is 194 g/mol. The number of unbranched alkanes of at least 4 members (excludes halogenated alkanes) is 1. The molecule has 0 aliphatic carbocycles. The Hall–Kier alpha value is -1.03. The van der Waals surface area contributed by atoms with Crippen LogP contribution in [0.25, 0.3) is 0 Å². The van der Waals surface area contributed by atoms with Crippen molar-refractivity contribution in [3.63, 3.8) is 0 Å². The van der Waals surface area contributed by atoms with Gasteiger partial charge in [-0.1, -0.05) is 6.07 Å². The van der Waals surface area contributed by atoms with E-state index in [2.05, 4.69) is 4.98 Å². The van der Waals surface area contributed by atoms with Gasteiger partial charge in [0.15, 0.2) is 0 Å². The molecule has 1 rings (SSSR count). The van der Waals surface area contributed by atoms with Crippen molar-refractivity contribution in [3.05, 3.63) is 24.4 Å². The van der Waals surface area contributed by atoms with Gasteiger partial charge in [0.1, 0.15) is 0 Å². The molecule has 0 saturated carbocycles. The number of pyridine rings is 1. The van der Waals surface area contributed by atoms with E-state index in [1.54, 1.807) is 18.0 Å². The van der Waals surface area contributed by atoms with Crippen LogP contribution in [0.15, 0.2) is 29.4 Å². The molecule has 0 aliphatic rings. The molecular formula is C10H15N3S. The second kappa shape index (κ2) is 6.43. The highest BCUT2D eigenvalue weighted by Crippen LogP contribution is 2.15. The smallest absolute Gasteiger partial charge is 0.0959 e. The van der Waals surface area contributed by atoms with Crippen molar-refractivity contribution in [2.24, 2.45) is 5.73 Å². The highest BCUT2D eigenvalue weighted by molar-refractivity contribution is 7.99. The normalized spacial score (nSPS) is 10.0. The average Bonchev–Trinajstić information content (AvgIpc) is 2.18. The molecule has 76 valence electrons. The Kier molecular flexibility index (Phi) is 5.07. The molecule has 0 aromatic carbocycles. The summed E-state index contributed by atoms with van der Waals surface area (Å²) < 4.78 is 0. The monoisotopic (exact) mass is 209 g/mol. The average molecular weight is 209 g/mol. The van der Waals surface area contributed by atoms with Gasteiger partial charge in [-0.25, -0.2) is 4.98 Å². The number of hydrogen-bond donors (Lipinski definition) is 2. The van der Waals surface area contributed by atoms with Crippen LogP contribution in [0.4, 0.5) is 0 Å². The molecule has 1 aromatic heterocycles. The van der Waals surface area contributed by atoms with Gasteiger partial charge in [0.05, 0.1) is 10.9 Å². The van der Waals surface area contributed by atoms with Gasteiger partial charge in [0.2, 0.25) is 0 Å². The van der Waals surface area contributed by atoms with E-state index in [9.17, 15) is 0 Å². The minimum Gasteiger partial charge on any atom is -0.388 e. The number of thioether (sulfide) groups is 1. The molecule has 0 atom stereocenters. The summed E-state index contributed by atoms with van der Waals surface area (Å²) in [6.07, 6.45) is 4.59. The molecule has 0 spiro atoms. The zero-order chi connectivity index (χ0) is 10.2. The number of nitrogens with zero attached hydrogens (tertiary/aromatic N) is 1. The number of aromatic nitrogens is 1. The molecule has 3 N–H and O–H groups in total. The number of nitrogens with two attached hydrogens (primary N) is 1. The second-order valence-corrected chi connectivity index (χ2v) is 4.11. The molecule has 0 bridgehead atoms. The Bertz CT molecular complexity index is 274. The minimum atomic E-state index is 0.285. The van der Waals surface area contributed by atoms with Gasteiger partial charge >= 0.3 is 0 Å². The van der Waals surface area contributed by atoms with Crippen molar-refractivity contribution in [2.45, 2.75) is 24.3 Å². The van der Waals surface area contributed by atoms with E-state index in [1.165, 1.54) is 0 Å². The van der Waals surface area contributed by atoms with Gasteiger partial charge in [0.25, 0.3) is 0 Å². The zero-order valence-electron chi connectivity index (χ0n) is 8.07. The molecule has 0 unspecified atom stereocenters. The van der Waals surface area contributed by atoms with E-state index >= 15 is 0 Å². The maximum absolute atomic E-state index is 7.05. The first-order chi connectivity index (χ1) is 6.79. The summed E-state index contributed by atoms with van der Waals surface area (Å²) in [6.45, 7) is 0. The summed E-state index contributed by atoms with van der Waals surface area (Å²) in [5, 5.41) is 8.12. The van der Waals surface area contributed by atoms with E-state index in [1.807, 2.05) is 18.2 Å². The van der Waals surface area contributed by atoms with Gasteiger partial charge in [-0.2, -0.15) is 0 Å². The van der Waals surface area contributed by atoms with Crippen LogP contribution in [0.3, 0.4) is 0 Å². The Morgan fingerprint density at radius 3 is 2.93 bits per heavy atom. The molecule has 0 aliphatic heterocycles. The summed E-state index contributed by atoms with van der Waals surface area (Å²) in [5.41, 5.74) is 5.25. The van der Waals surface area contributed by atoms with Gasteiger partial charge in [-0.15, -0.1) is 11.8 Å². The number of amidine groups is 1. The van der Waals surface area contributed by atoms with Crippen LogP contribution < -0.4 is 5.73 Å². The van der Waals surface area contributed by atoms with Crippen LogP contribution in [-0.2, 0) is 0 Å². The number of nitrogens with one attached hydrogen (secondary N) is 1. The lowest BCUT2D eigenvalue weighted by Gasteiger charge is -2.00. The number of hydrogen-bond acceptors (Lipinski definition) is 3. The zero-order valence-corrected chi connectivity index (χ0v) is 8.89. The molecule has 0 radical (unpaired) electrons. The fourth-order valence-corrected chi connectivity index (χ4v) is 1.89. The van der Waals surface area contributed by atoms with Crippen LogP contribution in [0.2, 0.25) is 0 Å². The predicted octanol–water partition coefficient (Wildman–Crippen LogP) is 2.28. The van der Waals surface area contributed by atoms with Crippen molar-refractivity contribution < 1.29 is 0 Å². The summed E-state index contributed by atoms with van der Waals surface area (Å²) in [7, 11) is 0. The predicted molar refractivity (Wildman–Crippen MR) is 60.7 cm³/mol. The van der Waals surface area contributed by atoms with E-state index in [0.29, 0.717) is 6.42 Å². The Morgan fingerprint density at radius 1 is 1.43 bits per heavy atom. The SMILES string of the molecule is N=C(N)CCCCSc1ccccn1. The molecule has 0 amide bonds. The van der Waals surface area contributed by atoms with Gasteiger partial charge in [0, 0.05) is 12.6 Å². The van der Waals surface area contributed by atoms with E-state index in [4.69, 9.17) is 11.1 Å². The molecule has 1 aromatic rings. The maximum atomic E-state index is 7.05. The van der Waals surface area contributed by atoms with Crippen molar-refractivity contribution in [1.82, 2.24) is 4.98 Å². The van der Waals surface area contributed by atoms with Gasteiger partial charge in [-0.05, 0) is 30.7 Å². The first-order valence-electron chi connectivity index (χ1n) is 4.66. The molecule has 0 fully saturated rings. The van der Waals surface area contributed by atoms with Crippen LogP contribution in [0.1, 0.15) is 19.3 Å². The standard InChI is InChI=1S/C10H15N3S/c11-9(12)5-2-4-8-14-10-6-1-3-7-13-10/h1,3,6-7H,2,4-5,8H2,(H3,11,12). The third-order valence-corrected chi connectivity index (χ3v) is 2.76. The lowest BCUT2D eigenvalue weighted by Crippen LogP contribution is -2.08. The van der Waals surface area contributed by atoms with Crippen LogP contribution in [0, 0.1) is 5.41 Å². The van der Waals surface area contributed by atoms with Crippen molar-refractivity contribution in [3.8, 4) is 0 Å². The van der Waals surface area contributed by atoms with E-state index < -0.39 is 0 Å². The summed E-state index contributed by atoms with van der Waals surface area (Å²) in [6, 6.07) is 5.92. The van der Waals surface area contributed by atoms with Crippen LogP contribution in [-0.4, -0.2) is 16.6 Å². The first kappa shape index (κ1) is 11.0.